The van der Waals surface area contributed by atoms with Crippen molar-refractivity contribution in [3.8, 4) is 5.75 Å². The van der Waals surface area contributed by atoms with E-state index in [4.69, 9.17) is 21.4 Å². The number of likely N-dealkylation sites (tertiary alicyclic amines) is 1. The first-order valence-electron chi connectivity index (χ1n) is 7.14. The second-order valence-electron chi connectivity index (χ2n) is 6.00. The third-order valence-electron chi connectivity index (χ3n) is 2.87. The summed E-state index contributed by atoms with van der Waals surface area (Å²) in [4.78, 5) is 23.3. The highest BCUT2D eigenvalue weighted by Gasteiger charge is 2.23. The molecule has 2 rings (SSSR count). The van der Waals surface area contributed by atoms with E-state index in [2.05, 4.69) is 0 Å². The maximum Gasteiger partial charge on any atom is 0.410 e. The Bertz CT molecular complexity index is 519. The van der Waals surface area contributed by atoms with Gasteiger partial charge in [-0.1, -0.05) is 11.6 Å². The molecule has 1 fully saturated rings. The number of aldehydes is 1. The van der Waals surface area contributed by atoms with Crippen LogP contribution >= 0.6 is 11.6 Å². The Morgan fingerprint density at radius 1 is 1.32 bits per heavy atom. The van der Waals surface area contributed by atoms with Crippen LogP contribution in [-0.4, -0.2) is 41.1 Å². The second-order valence-corrected chi connectivity index (χ2v) is 6.43. The fraction of sp³-hybridized carbons (Fsp3) is 0.500. The summed E-state index contributed by atoms with van der Waals surface area (Å²) in [6.45, 7) is 7.38. The molecule has 1 aliphatic rings. The molecule has 122 valence electrons. The molecular weight excluding hydrogens is 306 g/mol. The number of carbonyl (C=O) groups is 2. The van der Waals surface area contributed by atoms with Gasteiger partial charge < -0.3 is 14.7 Å². The fourth-order valence-electron chi connectivity index (χ4n) is 1.85. The van der Waals surface area contributed by atoms with Gasteiger partial charge in [-0.25, -0.2) is 4.79 Å². The molecule has 0 saturated carbocycles. The molecule has 1 aliphatic heterocycles. The molecule has 0 unspecified atom stereocenters. The van der Waals surface area contributed by atoms with E-state index in [0.29, 0.717) is 11.3 Å². The van der Waals surface area contributed by atoms with Gasteiger partial charge in [0.05, 0.1) is 5.56 Å². The molecule has 0 spiro atoms. The Hall–Kier alpha value is -1.75. The molecule has 1 amide bonds. The monoisotopic (exact) mass is 327 g/mol. The van der Waals surface area contributed by atoms with Gasteiger partial charge in [-0.2, -0.15) is 0 Å². The maximum absolute atomic E-state index is 11.4. The highest BCUT2D eigenvalue weighted by Crippen LogP contribution is 2.19. The minimum Gasteiger partial charge on any atom is -0.507 e. The number of aromatic hydroxyl groups is 1. The van der Waals surface area contributed by atoms with Crippen molar-refractivity contribution >= 4 is 24.0 Å². The second kappa shape index (κ2) is 8.03. The summed E-state index contributed by atoms with van der Waals surface area (Å²) in [6, 6.07) is 4.31. The summed E-state index contributed by atoms with van der Waals surface area (Å²) in [6.07, 6.45) is 2.61. The van der Waals surface area contributed by atoms with Crippen LogP contribution in [0.25, 0.3) is 0 Å². The number of halogens is 1. The number of phenolic OH excluding ortho intramolecular Hbond substituents is 1. The van der Waals surface area contributed by atoms with Crippen molar-refractivity contribution in [2.75, 3.05) is 13.1 Å². The van der Waals surface area contributed by atoms with Crippen LogP contribution in [0, 0.1) is 0 Å². The zero-order chi connectivity index (χ0) is 16.8. The van der Waals surface area contributed by atoms with E-state index in [0.717, 1.165) is 25.9 Å². The van der Waals surface area contributed by atoms with Gasteiger partial charge >= 0.3 is 6.09 Å². The van der Waals surface area contributed by atoms with Crippen molar-refractivity contribution in [1.82, 2.24) is 4.90 Å². The molecule has 0 bridgehead atoms. The van der Waals surface area contributed by atoms with E-state index in [1.807, 2.05) is 20.8 Å². The first kappa shape index (κ1) is 18.3. The minimum atomic E-state index is -0.361. The lowest BCUT2D eigenvalue weighted by Gasteiger charge is -2.23. The van der Waals surface area contributed by atoms with E-state index in [1.165, 1.54) is 18.2 Å². The maximum atomic E-state index is 11.4. The molecule has 1 saturated heterocycles. The normalized spacial score (nSPS) is 14.1. The average molecular weight is 328 g/mol. The molecule has 1 aromatic carbocycles. The smallest absolute Gasteiger partial charge is 0.410 e. The van der Waals surface area contributed by atoms with Gasteiger partial charge in [0, 0.05) is 18.1 Å². The highest BCUT2D eigenvalue weighted by atomic mass is 35.5. The molecular formula is C16H22ClNO4. The first-order valence-corrected chi connectivity index (χ1v) is 7.52. The van der Waals surface area contributed by atoms with Crippen LogP contribution in [0.5, 0.6) is 5.75 Å². The molecule has 6 heteroatoms. The molecule has 0 radical (unpaired) electrons. The summed E-state index contributed by atoms with van der Waals surface area (Å²) >= 11 is 5.53. The number of amides is 1. The number of carbonyl (C=O) groups excluding carboxylic acids is 2. The van der Waals surface area contributed by atoms with Crippen molar-refractivity contribution in [3.63, 3.8) is 0 Å². The lowest BCUT2D eigenvalue weighted by atomic mass is 10.2. The lowest BCUT2D eigenvalue weighted by molar-refractivity contribution is 0.0295. The summed E-state index contributed by atoms with van der Waals surface area (Å²) in [5, 5.41) is 9.39. The lowest BCUT2D eigenvalue weighted by Crippen LogP contribution is -2.34. The van der Waals surface area contributed by atoms with Crippen LogP contribution in [0.2, 0.25) is 5.02 Å². The van der Waals surface area contributed by atoms with Crippen molar-refractivity contribution in [2.24, 2.45) is 0 Å². The zero-order valence-electron chi connectivity index (χ0n) is 13.1. The fourth-order valence-corrected chi connectivity index (χ4v) is 2.03. The third-order valence-corrected chi connectivity index (χ3v) is 3.11. The highest BCUT2D eigenvalue weighted by molar-refractivity contribution is 6.30. The number of hydrogen-bond donors (Lipinski definition) is 1. The van der Waals surface area contributed by atoms with Crippen molar-refractivity contribution < 1.29 is 19.4 Å². The van der Waals surface area contributed by atoms with E-state index < -0.39 is 0 Å². The minimum absolute atomic E-state index is 0.0422. The first-order chi connectivity index (χ1) is 10.2. The predicted octanol–water partition coefficient (Wildman–Crippen LogP) is 3.88. The average Bonchev–Trinajstić information content (AvgIpc) is 2.94. The molecule has 22 heavy (non-hydrogen) atoms. The van der Waals surface area contributed by atoms with E-state index in [9.17, 15) is 9.59 Å². The third kappa shape index (κ3) is 6.35. The number of rotatable bonds is 1. The number of hydrogen-bond acceptors (Lipinski definition) is 4. The van der Waals surface area contributed by atoms with Gasteiger partial charge in [0.2, 0.25) is 0 Å². The summed E-state index contributed by atoms with van der Waals surface area (Å²) in [5.74, 6) is -0.0422. The van der Waals surface area contributed by atoms with E-state index in [1.54, 1.807) is 4.90 Å². The van der Waals surface area contributed by atoms with E-state index >= 15 is 0 Å². The van der Waals surface area contributed by atoms with Gasteiger partial charge in [-0.3, -0.25) is 4.79 Å². The number of benzene rings is 1. The molecule has 5 nitrogen and oxygen atoms in total. The molecule has 1 N–H and O–H groups in total. The molecule has 0 aromatic heterocycles. The zero-order valence-corrected chi connectivity index (χ0v) is 13.9. The van der Waals surface area contributed by atoms with Crippen LogP contribution in [0.3, 0.4) is 0 Å². The van der Waals surface area contributed by atoms with Crippen LogP contribution < -0.4 is 0 Å². The molecule has 0 atom stereocenters. The summed E-state index contributed by atoms with van der Waals surface area (Å²) < 4.78 is 5.21. The Labute approximate surface area is 135 Å². The topological polar surface area (TPSA) is 66.8 Å². The predicted molar refractivity (Wildman–Crippen MR) is 85.5 cm³/mol. The SMILES string of the molecule is CC(C)(C)OC(=O)N1CCCC1.O=Cc1cc(Cl)ccc1O. The van der Waals surface area contributed by atoms with Crippen LogP contribution in [-0.2, 0) is 4.74 Å². The van der Waals surface area contributed by atoms with Crippen LogP contribution in [0.15, 0.2) is 18.2 Å². The van der Waals surface area contributed by atoms with Crippen molar-refractivity contribution in [1.29, 1.82) is 0 Å². The van der Waals surface area contributed by atoms with Crippen molar-refractivity contribution in [2.45, 2.75) is 39.2 Å². The Morgan fingerprint density at radius 2 is 1.91 bits per heavy atom. The molecule has 0 aliphatic carbocycles. The Balaban J connectivity index is 0.000000224. The molecule has 1 aromatic rings. The summed E-state index contributed by atoms with van der Waals surface area (Å²) in [7, 11) is 0. The van der Waals surface area contributed by atoms with Crippen LogP contribution in [0.1, 0.15) is 44.0 Å². The number of nitrogens with zero attached hydrogens (tertiary/aromatic N) is 1. The summed E-state index contributed by atoms with van der Waals surface area (Å²) in [5.41, 5.74) is -0.146. The quantitative estimate of drug-likeness (QED) is 0.795. The van der Waals surface area contributed by atoms with Gasteiger partial charge in [0.25, 0.3) is 0 Å². The Kier molecular flexibility index (Phi) is 6.68. The molecule has 1 heterocycles. The Morgan fingerprint density at radius 3 is 2.36 bits per heavy atom. The number of phenols is 1. The number of ether oxygens (including phenoxy) is 1. The van der Waals surface area contributed by atoms with Gasteiger partial charge in [-0.05, 0) is 51.8 Å². The van der Waals surface area contributed by atoms with Crippen LogP contribution in [0.4, 0.5) is 4.79 Å². The largest absolute Gasteiger partial charge is 0.507 e. The van der Waals surface area contributed by atoms with Gasteiger partial charge in [0.1, 0.15) is 11.4 Å². The van der Waals surface area contributed by atoms with Crippen molar-refractivity contribution in [3.05, 3.63) is 28.8 Å². The standard InChI is InChI=1S/C9H17NO2.C7H5ClO2/c1-9(2,3)12-8(11)10-6-4-5-7-10;8-6-1-2-7(10)5(3-6)4-9/h4-7H2,1-3H3;1-4,10H. The van der Waals surface area contributed by atoms with E-state index in [-0.39, 0.29) is 23.0 Å². The van der Waals surface area contributed by atoms with Gasteiger partial charge in [-0.15, -0.1) is 0 Å². The van der Waals surface area contributed by atoms with Gasteiger partial charge in [0.15, 0.2) is 6.29 Å².